The SMILES string of the molecule is CCOc1ccc(C2=NN(c3ccc(C4=NNC(=O)CC4C)cc3)C(=O)[C@H]3CC=CC[C@@H]23)cc1OCC. The van der Waals surface area contributed by atoms with Gasteiger partial charge in [-0.3, -0.25) is 9.59 Å². The van der Waals surface area contributed by atoms with E-state index in [1.54, 1.807) is 0 Å². The summed E-state index contributed by atoms with van der Waals surface area (Å²) in [5.74, 6) is 1.14. The summed E-state index contributed by atoms with van der Waals surface area (Å²) >= 11 is 0. The molecule has 1 N–H and O–H groups in total. The summed E-state index contributed by atoms with van der Waals surface area (Å²) in [6.45, 7) is 6.95. The third-order valence-corrected chi connectivity index (χ3v) is 7.02. The number of carbonyl (C=O) groups excluding carboxylic acids is 2. The Labute approximate surface area is 217 Å². The molecule has 0 radical (unpaired) electrons. The number of anilines is 1. The average molecular weight is 501 g/mol. The van der Waals surface area contributed by atoms with Gasteiger partial charge in [0.25, 0.3) is 5.91 Å². The second-order valence-electron chi connectivity index (χ2n) is 9.50. The second kappa shape index (κ2) is 10.6. The summed E-state index contributed by atoms with van der Waals surface area (Å²) < 4.78 is 11.6. The molecule has 3 atom stereocenters. The summed E-state index contributed by atoms with van der Waals surface area (Å²) in [6.07, 6.45) is 6.08. The number of nitrogens with zero attached hydrogens (tertiary/aromatic N) is 3. The Bertz CT molecular complexity index is 1280. The number of hydrazone groups is 2. The second-order valence-corrected chi connectivity index (χ2v) is 9.50. The van der Waals surface area contributed by atoms with Crippen LogP contribution in [0.4, 0.5) is 5.69 Å². The Morgan fingerprint density at radius 3 is 2.27 bits per heavy atom. The molecular weight excluding hydrogens is 468 g/mol. The molecule has 0 bridgehead atoms. The maximum absolute atomic E-state index is 13.6. The van der Waals surface area contributed by atoms with Crippen LogP contribution in [0.3, 0.4) is 0 Å². The number of nitrogens with one attached hydrogen (secondary N) is 1. The Balaban J connectivity index is 1.51. The lowest BCUT2D eigenvalue weighted by Crippen LogP contribution is -2.45. The molecule has 0 spiro atoms. The first kappa shape index (κ1) is 24.7. The summed E-state index contributed by atoms with van der Waals surface area (Å²) in [4.78, 5) is 25.2. The quantitative estimate of drug-likeness (QED) is 0.559. The summed E-state index contributed by atoms with van der Waals surface area (Å²) in [6, 6.07) is 13.5. The fourth-order valence-electron chi connectivity index (χ4n) is 5.22. The molecule has 8 heteroatoms. The lowest BCUT2D eigenvalue weighted by molar-refractivity contribution is -0.124. The molecule has 0 aromatic heterocycles. The summed E-state index contributed by atoms with van der Waals surface area (Å²) in [5, 5.41) is 10.7. The van der Waals surface area contributed by atoms with E-state index in [1.807, 2.05) is 63.2 Å². The first-order valence-corrected chi connectivity index (χ1v) is 12.9. The Hall–Kier alpha value is -3.94. The molecule has 2 aromatic carbocycles. The predicted octanol–water partition coefficient (Wildman–Crippen LogP) is 4.68. The van der Waals surface area contributed by atoms with Crippen molar-refractivity contribution in [1.82, 2.24) is 5.43 Å². The normalized spacial score (nSPS) is 23.1. The number of rotatable bonds is 7. The number of benzene rings is 2. The number of ether oxygens (including phenoxy) is 2. The van der Waals surface area contributed by atoms with Gasteiger partial charge in [0.2, 0.25) is 5.91 Å². The lowest BCUT2D eigenvalue weighted by Gasteiger charge is -2.37. The Kier molecular flexibility index (Phi) is 7.08. The zero-order valence-corrected chi connectivity index (χ0v) is 21.4. The van der Waals surface area contributed by atoms with Crippen molar-refractivity contribution in [3.05, 3.63) is 65.7 Å². The molecule has 192 valence electrons. The molecule has 5 rings (SSSR count). The minimum atomic E-state index is -0.183. The van der Waals surface area contributed by atoms with Crippen molar-refractivity contribution >= 4 is 28.9 Å². The van der Waals surface area contributed by atoms with E-state index in [4.69, 9.17) is 14.6 Å². The molecule has 0 fully saturated rings. The van der Waals surface area contributed by atoms with Crippen LogP contribution < -0.4 is 19.9 Å². The van der Waals surface area contributed by atoms with Crippen LogP contribution >= 0.6 is 0 Å². The number of fused-ring (bicyclic) bond motifs is 1. The van der Waals surface area contributed by atoms with E-state index in [-0.39, 0.29) is 29.6 Å². The number of hydrogen-bond acceptors (Lipinski definition) is 6. The monoisotopic (exact) mass is 500 g/mol. The molecule has 8 nitrogen and oxygen atoms in total. The summed E-state index contributed by atoms with van der Waals surface area (Å²) in [5.41, 5.74) is 6.80. The van der Waals surface area contributed by atoms with Crippen molar-refractivity contribution in [2.75, 3.05) is 18.2 Å². The van der Waals surface area contributed by atoms with Crippen molar-refractivity contribution in [2.45, 2.75) is 40.0 Å². The molecule has 2 aliphatic heterocycles. The van der Waals surface area contributed by atoms with Gasteiger partial charge in [0, 0.05) is 23.8 Å². The van der Waals surface area contributed by atoms with E-state index >= 15 is 0 Å². The van der Waals surface area contributed by atoms with Gasteiger partial charge in [-0.1, -0.05) is 31.2 Å². The van der Waals surface area contributed by atoms with Crippen LogP contribution in [-0.4, -0.2) is 36.5 Å². The molecule has 0 saturated heterocycles. The maximum Gasteiger partial charge on any atom is 0.251 e. The number of allylic oxidation sites excluding steroid dienone is 2. The number of hydrogen-bond donors (Lipinski definition) is 1. The van der Waals surface area contributed by atoms with E-state index in [9.17, 15) is 9.59 Å². The molecule has 37 heavy (non-hydrogen) atoms. The topological polar surface area (TPSA) is 92.6 Å². The zero-order valence-electron chi connectivity index (χ0n) is 21.4. The molecule has 2 aromatic rings. The van der Waals surface area contributed by atoms with Crippen LogP contribution in [-0.2, 0) is 9.59 Å². The highest BCUT2D eigenvalue weighted by Gasteiger charge is 2.40. The van der Waals surface area contributed by atoms with E-state index in [1.165, 1.54) is 5.01 Å². The fraction of sp³-hybridized carbons (Fsp3) is 0.379. The van der Waals surface area contributed by atoms with Gasteiger partial charge in [-0.2, -0.15) is 10.2 Å². The van der Waals surface area contributed by atoms with Gasteiger partial charge in [0.05, 0.1) is 36.2 Å². The minimum absolute atomic E-state index is 0.00139. The minimum Gasteiger partial charge on any atom is -0.490 e. The van der Waals surface area contributed by atoms with Gasteiger partial charge in [0.1, 0.15) is 0 Å². The van der Waals surface area contributed by atoms with Crippen LogP contribution in [0.2, 0.25) is 0 Å². The fourth-order valence-corrected chi connectivity index (χ4v) is 5.22. The van der Waals surface area contributed by atoms with E-state index in [2.05, 4.69) is 22.7 Å². The van der Waals surface area contributed by atoms with Crippen LogP contribution in [0.5, 0.6) is 11.5 Å². The van der Waals surface area contributed by atoms with Crippen molar-refractivity contribution in [3.63, 3.8) is 0 Å². The first-order valence-electron chi connectivity index (χ1n) is 12.9. The van der Waals surface area contributed by atoms with Crippen molar-refractivity contribution in [2.24, 2.45) is 28.0 Å². The predicted molar refractivity (Wildman–Crippen MR) is 143 cm³/mol. The molecule has 2 heterocycles. The molecule has 3 aliphatic rings. The molecule has 1 unspecified atom stereocenters. The highest BCUT2D eigenvalue weighted by atomic mass is 16.5. The third-order valence-electron chi connectivity index (χ3n) is 7.02. The van der Waals surface area contributed by atoms with Crippen LogP contribution in [0, 0.1) is 17.8 Å². The largest absolute Gasteiger partial charge is 0.490 e. The highest BCUT2D eigenvalue weighted by Crippen LogP contribution is 2.38. The zero-order chi connectivity index (χ0) is 25.9. The van der Waals surface area contributed by atoms with Gasteiger partial charge < -0.3 is 9.47 Å². The van der Waals surface area contributed by atoms with E-state index in [0.29, 0.717) is 43.2 Å². The molecule has 2 amide bonds. The van der Waals surface area contributed by atoms with E-state index in [0.717, 1.165) is 29.0 Å². The van der Waals surface area contributed by atoms with Crippen molar-refractivity contribution in [1.29, 1.82) is 0 Å². The van der Waals surface area contributed by atoms with Gasteiger partial charge in [-0.05, 0) is 62.6 Å². The van der Waals surface area contributed by atoms with E-state index < -0.39 is 0 Å². The van der Waals surface area contributed by atoms with Gasteiger partial charge in [-0.15, -0.1) is 0 Å². The van der Waals surface area contributed by atoms with Gasteiger partial charge in [0.15, 0.2) is 11.5 Å². The van der Waals surface area contributed by atoms with Crippen molar-refractivity contribution in [3.8, 4) is 11.5 Å². The Morgan fingerprint density at radius 1 is 0.892 bits per heavy atom. The number of carbonyl (C=O) groups is 2. The van der Waals surface area contributed by atoms with Crippen LogP contribution in [0.1, 0.15) is 51.2 Å². The smallest absolute Gasteiger partial charge is 0.251 e. The molecule has 0 saturated carbocycles. The summed E-state index contributed by atoms with van der Waals surface area (Å²) in [7, 11) is 0. The van der Waals surface area contributed by atoms with Gasteiger partial charge in [-0.25, -0.2) is 10.4 Å². The van der Waals surface area contributed by atoms with Crippen LogP contribution in [0.25, 0.3) is 0 Å². The maximum atomic E-state index is 13.6. The number of amides is 2. The molecular formula is C29H32N4O4. The Morgan fingerprint density at radius 2 is 1.57 bits per heavy atom. The van der Waals surface area contributed by atoms with Crippen molar-refractivity contribution < 1.29 is 19.1 Å². The average Bonchev–Trinajstić information content (AvgIpc) is 2.91. The van der Waals surface area contributed by atoms with Gasteiger partial charge >= 0.3 is 0 Å². The molecule has 1 aliphatic carbocycles. The standard InChI is InChI=1S/C29H32N4O4/c1-4-36-24-15-12-20(17-25(24)37-5-2)28-22-8-6-7-9-23(22)29(35)33(32-28)21-13-10-19(11-14-21)27-18(3)16-26(34)30-31-27/h6-7,10-15,17-18,22-23H,4-5,8-9,16H2,1-3H3,(H,30,34)/t18?,22-,23+/m1/s1. The first-order chi connectivity index (χ1) is 18.0. The highest BCUT2D eigenvalue weighted by molar-refractivity contribution is 6.12. The third kappa shape index (κ3) is 4.88. The van der Waals surface area contributed by atoms with Crippen LogP contribution in [0.15, 0.2) is 64.8 Å². The lowest BCUT2D eigenvalue weighted by atomic mass is 9.76.